The van der Waals surface area contributed by atoms with Gasteiger partial charge in [-0.2, -0.15) is 0 Å². The smallest absolute Gasteiger partial charge is 0.0877 e. The van der Waals surface area contributed by atoms with Gasteiger partial charge in [-0.3, -0.25) is 0 Å². The Hall–Kier alpha value is 1.25. The number of rotatable bonds is 1. The number of hydrogen-bond donors (Lipinski definition) is 0. The van der Waals surface area contributed by atoms with Gasteiger partial charge in [-0.25, -0.2) is 0 Å². The first-order valence-corrected chi connectivity index (χ1v) is 4.66. The Bertz CT molecular complexity index is 103. The molecule has 1 saturated carbocycles. The average Bonchev–Trinajstić information content (AvgIpc) is 2.09. The Kier molecular flexibility index (Phi) is 1.96. The van der Waals surface area contributed by atoms with Crippen LogP contribution in [0.1, 0.15) is 6.92 Å². The molecule has 0 saturated heterocycles. The molecular weight excluding hydrogens is 255 g/mol. The molecule has 0 bridgehead atoms. The number of halogens is 3. The predicted molar refractivity (Wildman–Crippen MR) is 44.0 cm³/mol. The first-order chi connectivity index (χ1) is 3.60. The molecule has 0 amide bonds. The van der Waals surface area contributed by atoms with Gasteiger partial charge >= 0.3 is 0 Å². The van der Waals surface area contributed by atoms with Gasteiger partial charge in [0.25, 0.3) is 0 Å². The highest BCUT2D eigenvalue weighted by atomic mass is 79.9. The minimum absolute atomic E-state index is 0.168. The van der Waals surface area contributed by atoms with Crippen LogP contribution >= 0.6 is 43.5 Å². The molecule has 0 aliphatic heterocycles. The van der Waals surface area contributed by atoms with E-state index >= 15 is 0 Å². The molecule has 8 heavy (non-hydrogen) atoms. The summed E-state index contributed by atoms with van der Waals surface area (Å²) in [4.78, 5) is 0. The molecule has 0 aromatic heterocycles. The molecule has 1 aliphatic rings. The molecule has 2 unspecified atom stereocenters. The zero-order chi connectivity index (χ0) is 6.36. The second-order valence-corrected chi connectivity index (χ2v) is 6.22. The maximum absolute atomic E-state index is 5.62. The number of alkyl halides is 3. The first kappa shape index (κ1) is 7.36. The fraction of sp³-hybridized carbons (Fsp3) is 1.00. The fourth-order valence-corrected chi connectivity index (χ4v) is 3.17. The Morgan fingerprint density at radius 1 is 1.62 bits per heavy atom. The van der Waals surface area contributed by atoms with Crippen LogP contribution in [-0.2, 0) is 0 Å². The lowest BCUT2D eigenvalue weighted by Crippen LogP contribution is -1.87. The van der Waals surface area contributed by atoms with E-state index in [1.54, 1.807) is 0 Å². The average molecular weight is 262 g/mol. The van der Waals surface area contributed by atoms with Crippen LogP contribution in [0.5, 0.6) is 0 Å². The van der Waals surface area contributed by atoms with Crippen molar-refractivity contribution in [2.24, 2.45) is 11.8 Å². The maximum atomic E-state index is 5.62. The topological polar surface area (TPSA) is 0 Å². The lowest BCUT2D eigenvalue weighted by atomic mass is 10.4. The van der Waals surface area contributed by atoms with Crippen molar-refractivity contribution in [3.63, 3.8) is 0 Å². The normalized spacial score (nSPS) is 42.0. The Morgan fingerprint density at radius 2 is 2.00 bits per heavy atom. The molecule has 48 valence electrons. The summed E-state index contributed by atoms with van der Waals surface area (Å²) < 4.78 is 0.168. The van der Waals surface area contributed by atoms with Gasteiger partial charge in [-0.1, -0.05) is 38.8 Å². The van der Waals surface area contributed by atoms with E-state index in [0.29, 0.717) is 11.8 Å². The van der Waals surface area contributed by atoms with Gasteiger partial charge in [-0.15, -0.1) is 11.6 Å². The van der Waals surface area contributed by atoms with Crippen molar-refractivity contribution in [1.82, 2.24) is 0 Å². The largest absolute Gasteiger partial charge is 0.126 e. The summed E-state index contributed by atoms with van der Waals surface area (Å²) in [5.74, 6) is 2.04. The summed E-state index contributed by atoms with van der Waals surface area (Å²) in [6.07, 6.45) is 0. The second kappa shape index (κ2) is 2.14. The summed E-state index contributed by atoms with van der Waals surface area (Å²) in [7, 11) is 0. The Morgan fingerprint density at radius 3 is 2.00 bits per heavy atom. The summed E-state index contributed by atoms with van der Waals surface area (Å²) >= 11 is 12.6. The van der Waals surface area contributed by atoms with Crippen LogP contribution in [0.4, 0.5) is 0 Å². The predicted octanol–water partition coefficient (Wildman–Crippen LogP) is 2.98. The SMILES string of the molecule is CC1C(CCl)C1(Br)Br. The van der Waals surface area contributed by atoms with Crippen molar-refractivity contribution in [2.45, 2.75) is 10.2 Å². The third-order valence-electron chi connectivity index (χ3n) is 1.76. The van der Waals surface area contributed by atoms with Crippen molar-refractivity contribution in [1.29, 1.82) is 0 Å². The zero-order valence-corrected chi connectivity index (χ0v) is 8.42. The van der Waals surface area contributed by atoms with Crippen molar-refractivity contribution < 1.29 is 0 Å². The van der Waals surface area contributed by atoms with Crippen LogP contribution in [0, 0.1) is 11.8 Å². The maximum Gasteiger partial charge on any atom is 0.0877 e. The molecule has 0 nitrogen and oxygen atoms in total. The highest BCUT2D eigenvalue weighted by molar-refractivity contribution is 9.25. The number of hydrogen-bond acceptors (Lipinski definition) is 0. The molecule has 3 heteroatoms. The van der Waals surface area contributed by atoms with E-state index in [-0.39, 0.29) is 3.23 Å². The molecule has 1 aliphatic carbocycles. The van der Waals surface area contributed by atoms with E-state index in [0.717, 1.165) is 5.88 Å². The second-order valence-electron chi connectivity index (χ2n) is 2.22. The van der Waals surface area contributed by atoms with Crippen molar-refractivity contribution >= 4 is 43.5 Å². The van der Waals surface area contributed by atoms with Gasteiger partial charge in [0.15, 0.2) is 0 Å². The Labute approximate surface area is 71.2 Å². The summed E-state index contributed by atoms with van der Waals surface area (Å²) in [5.41, 5.74) is 0. The molecule has 2 atom stereocenters. The minimum atomic E-state index is 0.168. The monoisotopic (exact) mass is 260 g/mol. The molecule has 0 radical (unpaired) electrons. The molecule has 0 aromatic rings. The summed E-state index contributed by atoms with van der Waals surface area (Å²) in [6, 6.07) is 0. The Balaban J connectivity index is 2.45. The van der Waals surface area contributed by atoms with E-state index in [2.05, 4.69) is 38.8 Å². The fourth-order valence-electron chi connectivity index (χ4n) is 0.797. The van der Waals surface area contributed by atoms with Gasteiger partial charge in [0, 0.05) is 11.8 Å². The highest BCUT2D eigenvalue weighted by Crippen LogP contribution is 2.61. The molecule has 0 N–H and O–H groups in total. The zero-order valence-electron chi connectivity index (χ0n) is 4.50. The highest BCUT2D eigenvalue weighted by Gasteiger charge is 2.58. The van der Waals surface area contributed by atoms with Crippen molar-refractivity contribution in [2.75, 3.05) is 5.88 Å². The van der Waals surface area contributed by atoms with Crippen LogP contribution in [0.2, 0.25) is 0 Å². The van der Waals surface area contributed by atoms with E-state index < -0.39 is 0 Å². The van der Waals surface area contributed by atoms with Crippen LogP contribution in [0.3, 0.4) is 0 Å². The van der Waals surface area contributed by atoms with Gasteiger partial charge in [0.2, 0.25) is 0 Å². The van der Waals surface area contributed by atoms with E-state index in [9.17, 15) is 0 Å². The summed E-state index contributed by atoms with van der Waals surface area (Å²) in [5, 5.41) is 0. The molecule has 0 heterocycles. The lowest BCUT2D eigenvalue weighted by Gasteiger charge is -1.90. The van der Waals surface area contributed by atoms with Gasteiger partial charge in [0.05, 0.1) is 3.23 Å². The molecule has 1 fully saturated rings. The van der Waals surface area contributed by atoms with E-state index in [1.165, 1.54) is 0 Å². The van der Waals surface area contributed by atoms with E-state index in [1.807, 2.05) is 0 Å². The van der Waals surface area contributed by atoms with Gasteiger partial charge in [0.1, 0.15) is 0 Å². The minimum Gasteiger partial charge on any atom is -0.126 e. The molecular formula is C5H7Br2Cl. The summed E-state index contributed by atoms with van der Waals surface area (Å²) in [6.45, 7) is 2.18. The standard InChI is InChI=1S/C5H7Br2Cl/c1-3-4(2-8)5(3,6)7/h3-4H,2H2,1H3. The van der Waals surface area contributed by atoms with Crippen LogP contribution < -0.4 is 0 Å². The third-order valence-corrected chi connectivity index (χ3v) is 4.72. The van der Waals surface area contributed by atoms with Crippen LogP contribution in [-0.4, -0.2) is 9.11 Å². The van der Waals surface area contributed by atoms with E-state index in [4.69, 9.17) is 11.6 Å². The molecule has 0 spiro atoms. The van der Waals surface area contributed by atoms with Gasteiger partial charge < -0.3 is 0 Å². The molecule has 0 aromatic carbocycles. The lowest BCUT2D eigenvalue weighted by molar-refractivity contribution is 0.841. The van der Waals surface area contributed by atoms with Crippen molar-refractivity contribution in [3.05, 3.63) is 0 Å². The third kappa shape index (κ3) is 0.952. The van der Waals surface area contributed by atoms with Crippen molar-refractivity contribution in [3.8, 4) is 0 Å². The molecule has 1 rings (SSSR count). The van der Waals surface area contributed by atoms with Crippen LogP contribution in [0.15, 0.2) is 0 Å². The first-order valence-electron chi connectivity index (χ1n) is 2.54. The van der Waals surface area contributed by atoms with Gasteiger partial charge in [-0.05, 0) is 5.92 Å². The van der Waals surface area contributed by atoms with Crippen LogP contribution in [0.25, 0.3) is 0 Å². The quantitative estimate of drug-likeness (QED) is 0.637.